The maximum absolute atomic E-state index is 9.53. The number of hydrogen-bond acceptors (Lipinski definition) is 3. The van der Waals surface area contributed by atoms with Crippen molar-refractivity contribution in [3.8, 4) is 0 Å². The quantitative estimate of drug-likeness (QED) is 0.541. The van der Waals surface area contributed by atoms with Gasteiger partial charge in [-0.05, 0) is 6.92 Å². The summed E-state index contributed by atoms with van der Waals surface area (Å²) in [5.74, 6) is 0. The smallest absolute Gasteiger partial charge is 0.134 e. The van der Waals surface area contributed by atoms with Crippen LogP contribution in [0.1, 0.15) is 6.92 Å². The minimum atomic E-state index is -2.87. The molecule has 0 aromatic carbocycles. The summed E-state index contributed by atoms with van der Waals surface area (Å²) >= 11 is 0. The number of rotatable bonds is 2. The fraction of sp³-hybridized carbons (Fsp3) is 1.00. The van der Waals surface area contributed by atoms with Gasteiger partial charge in [-0.25, -0.2) is 0 Å². The summed E-state index contributed by atoms with van der Waals surface area (Å²) in [7, 11) is -5.22. The van der Waals surface area contributed by atoms with Crippen LogP contribution in [0.3, 0.4) is 0 Å². The van der Waals surface area contributed by atoms with Crippen molar-refractivity contribution in [2.75, 3.05) is 6.61 Å². The van der Waals surface area contributed by atoms with Gasteiger partial charge in [0.25, 0.3) is 0 Å². The van der Waals surface area contributed by atoms with Crippen molar-refractivity contribution in [1.82, 2.24) is 0 Å². The lowest BCUT2D eigenvalue weighted by Gasteiger charge is -1.68. The van der Waals surface area contributed by atoms with Crippen molar-refractivity contribution in [3.05, 3.63) is 0 Å². The second kappa shape index (κ2) is 9.04. The lowest BCUT2D eigenvalue weighted by Crippen LogP contribution is -1.72. The Hall–Kier alpha value is 0.0400. The highest BCUT2D eigenvalue weighted by atomic mass is 31.1. The molecule has 8 heteroatoms. The first-order chi connectivity index (χ1) is 4.50. The zero-order valence-corrected chi connectivity index (χ0v) is 6.96. The van der Waals surface area contributed by atoms with Crippen molar-refractivity contribution >= 4 is 16.5 Å². The largest absolute Gasteiger partial charge is 0.694 e. The van der Waals surface area contributed by atoms with Crippen molar-refractivity contribution in [2.24, 2.45) is 0 Å². The van der Waals surface area contributed by atoms with E-state index in [0.29, 0.717) is 6.61 Å². The summed E-state index contributed by atoms with van der Waals surface area (Å²) in [6.45, 7) is 1.95. The first kappa shape index (κ1) is 12.7. The molecule has 0 saturated carbocycles. The fourth-order valence-electron chi connectivity index (χ4n) is 0.110. The van der Waals surface area contributed by atoms with Gasteiger partial charge in [0, 0.05) is 9.13 Å². The van der Waals surface area contributed by atoms with E-state index in [0.717, 1.165) is 0 Å². The highest BCUT2D eigenvalue weighted by molar-refractivity contribution is 7.32. The predicted octanol–water partition coefficient (Wildman–Crippen LogP) is 0.301. The van der Waals surface area contributed by atoms with Gasteiger partial charge >= 0.3 is 16.5 Å². The van der Waals surface area contributed by atoms with Gasteiger partial charge in [0.1, 0.15) is 6.61 Å². The van der Waals surface area contributed by atoms with E-state index in [-0.39, 0.29) is 0 Å². The molecule has 1 unspecified atom stereocenters. The molecule has 0 aliphatic rings. The minimum Gasteiger partial charge on any atom is -0.134 e. The third-order valence-corrected chi connectivity index (χ3v) is 0.719. The molecule has 0 amide bonds. The Morgan fingerprint density at radius 2 is 1.60 bits per heavy atom. The summed E-state index contributed by atoms with van der Waals surface area (Å²) in [4.78, 5) is 22.1. The van der Waals surface area contributed by atoms with Gasteiger partial charge in [0.15, 0.2) is 0 Å². The lowest BCUT2D eigenvalue weighted by atomic mass is 10.9. The Bertz CT molecular complexity index is 108. The molecule has 0 aromatic heterocycles. The van der Waals surface area contributed by atoms with Crippen molar-refractivity contribution in [3.63, 3.8) is 0 Å². The Labute approximate surface area is 59.4 Å². The van der Waals surface area contributed by atoms with Crippen LogP contribution in [0.15, 0.2) is 0 Å². The van der Waals surface area contributed by atoms with Crippen LogP contribution in [-0.4, -0.2) is 21.3 Å². The van der Waals surface area contributed by atoms with Crippen LogP contribution in [0.4, 0.5) is 0 Å². The standard InChI is InChI=1S/C2H5O3P.HO3P/c1-2-5-6(3)4;1-4(2)3/h2H2,1H3;(H-,1,2,3)/p+2. The van der Waals surface area contributed by atoms with Gasteiger partial charge in [0.2, 0.25) is 0 Å². The van der Waals surface area contributed by atoms with Crippen LogP contribution in [0.2, 0.25) is 0 Å². The average Bonchev–Trinajstić information content (AvgIpc) is 1.62. The summed E-state index contributed by atoms with van der Waals surface area (Å²) in [5, 5.41) is 0. The highest BCUT2D eigenvalue weighted by Crippen LogP contribution is 2.12. The molecule has 0 aliphatic heterocycles. The van der Waals surface area contributed by atoms with Gasteiger partial charge in [-0.1, -0.05) is 0 Å². The molecule has 1 atom stereocenters. The molecule has 0 rings (SSSR count). The predicted molar refractivity (Wildman–Crippen MR) is 33.5 cm³/mol. The molecular formula is C2H8O6P2+2. The molecule has 0 spiro atoms. The summed E-state index contributed by atoms with van der Waals surface area (Å²) in [6, 6.07) is 0. The van der Waals surface area contributed by atoms with Crippen LogP contribution < -0.4 is 0 Å². The molecule has 3 N–H and O–H groups in total. The van der Waals surface area contributed by atoms with E-state index < -0.39 is 16.5 Å². The number of hydrogen-bond donors (Lipinski definition) is 3. The Morgan fingerprint density at radius 3 is 1.60 bits per heavy atom. The Kier molecular flexibility index (Phi) is 11.5. The zero-order valence-electron chi connectivity index (χ0n) is 5.17. The van der Waals surface area contributed by atoms with E-state index in [2.05, 4.69) is 4.52 Å². The maximum atomic E-state index is 9.53. The summed E-state index contributed by atoms with van der Waals surface area (Å²) < 4.78 is 22.3. The Morgan fingerprint density at radius 1 is 1.30 bits per heavy atom. The van der Waals surface area contributed by atoms with Crippen LogP contribution >= 0.6 is 16.5 Å². The van der Waals surface area contributed by atoms with E-state index in [9.17, 15) is 4.57 Å². The molecule has 10 heavy (non-hydrogen) atoms. The van der Waals surface area contributed by atoms with E-state index in [1.807, 2.05) is 0 Å². The first-order valence-corrected chi connectivity index (χ1v) is 4.44. The molecule has 0 bridgehead atoms. The third-order valence-electron chi connectivity index (χ3n) is 0.240. The summed E-state index contributed by atoms with van der Waals surface area (Å²) in [6.07, 6.45) is 0. The Balaban J connectivity index is 0. The molecular weight excluding hydrogens is 182 g/mol. The van der Waals surface area contributed by atoms with Gasteiger partial charge in [-0.3, -0.25) is 0 Å². The van der Waals surface area contributed by atoms with Gasteiger partial charge in [0.05, 0.1) is 0 Å². The molecule has 0 radical (unpaired) electrons. The molecule has 0 saturated heterocycles. The van der Waals surface area contributed by atoms with Crippen LogP contribution in [0, 0.1) is 0 Å². The second-order valence-electron chi connectivity index (χ2n) is 0.908. The normalized spacial score (nSPS) is 9.40. The average molecular weight is 190 g/mol. The summed E-state index contributed by atoms with van der Waals surface area (Å²) in [5.41, 5.74) is 0. The lowest BCUT2D eigenvalue weighted by molar-refractivity contribution is 0.297. The van der Waals surface area contributed by atoms with E-state index in [1.165, 1.54) is 0 Å². The van der Waals surface area contributed by atoms with Crippen LogP contribution in [0.25, 0.3) is 0 Å². The molecule has 6 nitrogen and oxygen atoms in total. The molecule has 0 fully saturated rings. The zero-order chi connectivity index (χ0) is 8.57. The fourth-order valence-corrected chi connectivity index (χ4v) is 0.331. The van der Waals surface area contributed by atoms with Gasteiger partial charge in [-0.15, -0.1) is 19.2 Å². The van der Waals surface area contributed by atoms with Crippen molar-refractivity contribution in [2.45, 2.75) is 6.92 Å². The topological polar surface area (TPSA) is 104 Å². The van der Waals surface area contributed by atoms with Crippen molar-refractivity contribution in [1.29, 1.82) is 0 Å². The van der Waals surface area contributed by atoms with Gasteiger partial charge < -0.3 is 0 Å². The van der Waals surface area contributed by atoms with Crippen LogP contribution in [-0.2, 0) is 13.7 Å². The minimum absolute atomic E-state index is 0.297. The highest BCUT2D eigenvalue weighted by Gasteiger charge is 2.06. The molecule has 0 aromatic rings. The third kappa shape index (κ3) is 43.1. The van der Waals surface area contributed by atoms with E-state index >= 15 is 0 Å². The van der Waals surface area contributed by atoms with Crippen molar-refractivity contribution < 1.29 is 28.3 Å². The monoisotopic (exact) mass is 190 g/mol. The SMILES string of the molecule is CCO[P+](=O)O.O=[P+](O)O. The molecule has 0 aliphatic carbocycles. The molecule has 60 valence electrons. The second-order valence-corrected chi connectivity index (χ2v) is 2.15. The first-order valence-electron chi connectivity index (χ1n) is 2.14. The van der Waals surface area contributed by atoms with E-state index in [1.54, 1.807) is 6.92 Å². The van der Waals surface area contributed by atoms with E-state index in [4.69, 9.17) is 19.2 Å². The molecule has 0 heterocycles. The maximum Gasteiger partial charge on any atom is 0.694 e. The van der Waals surface area contributed by atoms with Crippen LogP contribution in [0.5, 0.6) is 0 Å². The van der Waals surface area contributed by atoms with Gasteiger partial charge in [-0.2, -0.15) is 0 Å².